The standard InChI is InChI=1S/C7H11P.C2H6/c1-3-5-6-7(8)4-2;1-2/h3-6H,2,8H2,1H3;1-2H3/b5-3-,7-6+;. The molecule has 0 aromatic heterocycles. The summed E-state index contributed by atoms with van der Waals surface area (Å²) in [7, 11) is 2.58. The van der Waals surface area contributed by atoms with Gasteiger partial charge in [0.2, 0.25) is 0 Å². The van der Waals surface area contributed by atoms with Gasteiger partial charge >= 0.3 is 0 Å². The van der Waals surface area contributed by atoms with Gasteiger partial charge in [0, 0.05) is 0 Å². The molecule has 0 radical (unpaired) electrons. The third-order valence-electron chi connectivity index (χ3n) is 0.717. The van der Waals surface area contributed by atoms with Gasteiger partial charge in [-0.05, 0) is 12.2 Å². The minimum Gasteiger partial charge on any atom is -0.106 e. The first kappa shape index (κ1) is 12.3. The number of rotatable bonds is 2. The molecule has 0 heterocycles. The Balaban J connectivity index is 0. The first-order valence-electron chi connectivity index (χ1n) is 3.52. The first-order valence-corrected chi connectivity index (χ1v) is 4.10. The summed E-state index contributed by atoms with van der Waals surface area (Å²) in [6, 6.07) is 0. The molecule has 0 aromatic carbocycles. The zero-order chi connectivity index (χ0) is 8.41. The Morgan fingerprint density at radius 1 is 1.40 bits per heavy atom. The average Bonchev–Trinajstić information content (AvgIpc) is 2.04. The lowest BCUT2D eigenvalue weighted by molar-refractivity contribution is 1.50. The van der Waals surface area contributed by atoms with Crippen molar-refractivity contribution in [2.75, 3.05) is 0 Å². The molecule has 1 unspecified atom stereocenters. The molecule has 0 aliphatic heterocycles. The SMILES string of the molecule is C=C/C(P)=C\C=C/C.CC. The van der Waals surface area contributed by atoms with Crippen LogP contribution in [0, 0.1) is 0 Å². The Hall–Kier alpha value is -0.350. The van der Waals surface area contributed by atoms with E-state index in [-0.39, 0.29) is 0 Å². The van der Waals surface area contributed by atoms with E-state index in [1.165, 1.54) is 0 Å². The van der Waals surface area contributed by atoms with Crippen LogP contribution in [0.3, 0.4) is 0 Å². The highest BCUT2D eigenvalue weighted by Crippen LogP contribution is 2.04. The predicted octanol–water partition coefficient (Wildman–Crippen LogP) is 3.53. The smallest absolute Gasteiger partial charge is 0.0309 e. The maximum absolute atomic E-state index is 3.59. The van der Waals surface area contributed by atoms with E-state index in [1.54, 1.807) is 6.08 Å². The molecule has 0 aliphatic carbocycles. The molecular weight excluding hydrogens is 139 g/mol. The molecule has 0 spiro atoms. The highest BCUT2D eigenvalue weighted by Gasteiger charge is 1.70. The van der Waals surface area contributed by atoms with E-state index in [1.807, 2.05) is 39.0 Å². The van der Waals surface area contributed by atoms with Crippen LogP contribution in [-0.2, 0) is 0 Å². The molecule has 58 valence electrons. The lowest BCUT2D eigenvalue weighted by Gasteiger charge is -1.81. The lowest BCUT2D eigenvalue weighted by atomic mass is 10.4. The fourth-order valence-electron chi connectivity index (χ4n) is 0.275. The van der Waals surface area contributed by atoms with Gasteiger partial charge in [0.1, 0.15) is 0 Å². The van der Waals surface area contributed by atoms with Crippen molar-refractivity contribution in [3.05, 3.63) is 36.2 Å². The van der Waals surface area contributed by atoms with Crippen molar-refractivity contribution in [3.8, 4) is 0 Å². The van der Waals surface area contributed by atoms with Crippen molar-refractivity contribution in [2.45, 2.75) is 20.8 Å². The molecule has 0 saturated heterocycles. The molecule has 0 amide bonds. The second kappa shape index (κ2) is 11.4. The number of hydrogen-bond donors (Lipinski definition) is 0. The summed E-state index contributed by atoms with van der Waals surface area (Å²) in [4.78, 5) is 0. The Bertz CT molecular complexity index is 121. The highest BCUT2D eigenvalue weighted by atomic mass is 31.0. The highest BCUT2D eigenvalue weighted by molar-refractivity contribution is 7.22. The van der Waals surface area contributed by atoms with Crippen LogP contribution < -0.4 is 0 Å². The van der Waals surface area contributed by atoms with Gasteiger partial charge in [-0.25, -0.2) is 0 Å². The van der Waals surface area contributed by atoms with Crippen LogP contribution in [0.25, 0.3) is 0 Å². The van der Waals surface area contributed by atoms with Crippen molar-refractivity contribution in [3.63, 3.8) is 0 Å². The molecule has 0 fully saturated rings. The van der Waals surface area contributed by atoms with Crippen LogP contribution in [0.2, 0.25) is 0 Å². The molecule has 0 rings (SSSR count). The second-order valence-corrected chi connectivity index (χ2v) is 2.06. The summed E-state index contributed by atoms with van der Waals surface area (Å²) in [5, 5.41) is 1.11. The number of allylic oxidation sites excluding steroid dienone is 5. The van der Waals surface area contributed by atoms with Crippen LogP contribution >= 0.6 is 9.24 Å². The van der Waals surface area contributed by atoms with Gasteiger partial charge in [-0.1, -0.05) is 44.7 Å². The third kappa shape index (κ3) is 10.6. The van der Waals surface area contributed by atoms with E-state index < -0.39 is 0 Å². The van der Waals surface area contributed by atoms with Crippen LogP contribution in [0.4, 0.5) is 0 Å². The average molecular weight is 156 g/mol. The van der Waals surface area contributed by atoms with Crippen molar-refractivity contribution in [1.29, 1.82) is 0 Å². The van der Waals surface area contributed by atoms with E-state index >= 15 is 0 Å². The van der Waals surface area contributed by atoms with Gasteiger partial charge in [0.25, 0.3) is 0 Å². The van der Waals surface area contributed by atoms with Crippen LogP contribution in [0.15, 0.2) is 36.2 Å². The summed E-state index contributed by atoms with van der Waals surface area (Å²) in [5.41, 5.74) is 0. The lowest BCUT2D eigenvalue weighted by Crippen LogP contribution is -1.54. The van der Waals surface area contributed by atoms with E-state index in [0.717, 1.165) is 5.31 Å². The Labute approximate surface area is 66.9 Å². The molecule has 0 bridgehead atoms. The second-order valence-electron chi connectivity index (χ2n) is 1.40. The van der Waals surface area contributed by atoms with E-state index in [9.17, 15) is 0 Å². The normalized spacial score (nSPS) is 10.6. The zero-order valence-electron chi connectivity index (χ0n) is 7.09. The Morgan fingerprint density at radius 3 is 2.20 bits per heavy atom. The third-order valence-corrected chi connectivity index (χ3v) is 1.14. The summed E-state index contributed by atoms with van der Waals surface area (Å²) >= 11 is 0. The molecule has 10 heavy (non-hydrogen) atoms. The monoisotopic (exact) mass is 156 g/mol. The fourth-order valence-corrected chi connectivity index (χ4v) is 0.386. The van der Waals surface area contributed by atoms with Gasteiger partial charge in [-0.2, -0.15) is 0 Å². The molecule has 0 nitrogen and oxygen atoms in total. The number of hydrogen-bond acceptors (Lipinski definition) is 0. The van der Waals surface area contributed by atoms with Crippen molar-refractivity contribution < 1.29 is 0 Å². The van der Waals surface area contributed by atoms with Gasteiger partial charge in [-0.3, -0.25) is 0 Å². The van der Waals surface area contributed by atoms with Crippen LogP contribution in [-0.4, -0.2) is 0 Å². The molecule has 1 heteroatoms. The summed E-state index contributed by atoms with van der Waals surface area (Å²) in [5.74, 6) is 0. The molecule has 0 aliphatic rings. The molecule has 1 atom stereocenters. The molecular formula is C9H17P. The maximum atomic E-state index is 3.59. The van der Waals surface area contributed by atoms with Crippen molar-refractivity contribution in [2.24, 2.45) is 0 Å². The Kier molecular flexibility index (Phi) is 14.1. The van der Waals surface area contributed by atoms with Gasteiger partial charge < -0.3 is 0 Å². The minimum absolute atomic E-state index is 1.11. The van der Waals surface area contributed by atoms with Crippen molar-refractivity contribution >= 4 is 9.24 Å². The predicted molar refractivity (Wildman–Crippen MR) is 54.2 cm³/mol. The van der Waals surface area contributed by atoms with Gasteiger partial charge in [0.05, 0.1) is 0 Å². The minimum atomic E-state index is 1.11. The maximum Gasteiger partial charge on any atom is -0.0309 e. The van der Waals surface area contributed by atoms with Crippen molar-refractivity contribution in [1.82, 2.24) is 0 Å². The Morgan fingerprint density at radius 2 is 1.90 bits per heavy atom. The van der Waals surface area contributed by atoms with E-state index in [0.29, 0.717) is 0 Å². The van der Waals surface area contributed by atoms with Crippen LogP contribution in [0.5, 0.6) is 0 Å². The van der Waals surface area contributed by atoms with E-state index in [4.69, 9.17) is 0 Å². The fraction of sp³-hybridized carbons (Fsp3) is 0.333. The largest absolute Gasteiger partial charge is 0.106 e. The summed E-state index contributed by atoms with van der Waals surface area (Å²) < 4.78 is 0. The van der Waals surface area contributed by atoms with E-state index in [2.05, 4.69) is 15.8 Å². The molecule has 0 saturated carbocycles. The zero-order valence-corrected chi connectivity index (χ0v) is 8.25. The van der Waals surface area contributed by atoms with Gasteiger partial charge in [0.15, 0.2) is 0 Å². The molecule has 0 N–H and O–H groups in total. The van der Waals surface area contributed by atoms with Gasteiger partial charge in [-0.15, -0.1) is 9.24 Å². The molecule has 0 aromatic rings. The quantitative estimate of drug-likeness (QED) is 0.423. The summed E-state index contributed by atoms with van der Waals surface area (Å²) in [6.07, 6.45) is 7.74. The first-order chi connectivity index (χ1) is 4.81. The summed E-state index contributed by atoms with van der Waals surface area (Å²) in [6.45, 7) is 9.57. The topological polar surface area (TPSA) is 0 Å². The van der Waals surface area contributed by atoms with Crippen LogP contribution in [0.1, 0.15) is 20.8 Å².